The van der Waals surface area contributed by atoms with Crippen LogP contribution in [0.1, 0.15) is 47.5 Å². The number of benzene rings is 1. The van der Waals surface area contributed by atoms with Crippen LogP contribution in [0, 0.1) is 0 Å². The first kappa shape index (κ1) is 13.9. The Labute approximate surface area is 124 Å². The molecule has 1 amide bonds. The summed E-state index contributed by atoms with van der Waals surface area (Å²) in [4.78, 5) is 14.7. The number of amides is 1. The third kappa shape index (κ3) is 2.47. The van der Waals surface area contributed by atoms with Crippen LogP contribution >= 0.6 is 0 Å². The van der Waals surface area contributed by atoms with E-state index >= 15 is 0 Å². The lowest BCUT2D eigenvalue weighted by Gasteiger charge is -2.23. The summed E-state index contributed by atoms with van der Waals surface area (Å²) in [6.07, 6.45) is 4.10. The predicted octanol–water partition coefficient (Wildman–Crippen LogP) is 3.28. The van der Waals surface area contributed by atoms with Crippen LogP contribution in [-0.4, -0.2) is 12.5 Å². The highest BCUT2D eigenvalue weighted by Crippen LogP contribution is 2.32. The normalized spacial score (nSPS) is 18.2. The zero-order valence-corrected chi connectivity index (χ0v) is 12.2. The molecule has 1 aliphatic heterocycles. The molecule has 0 saturated carbocycles. The number of furan rings is 1. The molecule has 2 N–H and O–H groups in total. The van der Waals surface area contributed by atoms with Gasteiger partial charge in [0.2, 0.25) is 0 Å². The molecule has 0 saturated heterocycles. The molecule has 1 unspecified atom stereocenters. The zero-order chi connectivity index (χ0) is 14.8. The molecule has 1 aromatic carbocycles. The van der Waals surface area contributed by atoms with Crippen molar-refractivity contribution in [2.24, 2.45) is 5.73 Å². The third-order valence-corrected chi connectivity index (χ3v) is 4.07. The van der Waals surface area contributed by atoms with Gasteiger partial charge in [0, 0.05) is 24.7 Å². The molecule has 2 aromatic rings. The van der Waals surface area contributed by atoms with Crippen molar-refractivity contribution in [1.82, 2.24) is 0 Å². The predicted molar refractivity (Wildman–Crippen MR) is 82.4 cm³/mol. The van der Waals surface area contributed by atoms with E-state index in [0.29, 0.717) is 18.5 Å². The Hall–Kier alpha value is -2.07. The second kappa shape index (κ2) is 5.74. The minimum absolute atomic E-state index is 0.00199. The van der Waals surface area contributed by atoms with Crippen LogP contribution in [0.5, 0.6) is 0 Å². The minimum Gasteiger partial charge on any atom is -0.469 e. The maximum Gasteiger partial charge on any atom is 0.261 e. The van der Waals surface area contributed by atoms with Gasteiger partial charge in [0.1, 0.15) is 5.76 Å². The van der Waals surface area contributed by atoms with Gasteiger partial charge in [-0.25, -0.2) is 0 Å². The maximum absolute atomic E-state index is 12.9. The fraction of sp³-hybridized carbons (Fsp3) is 0.353. The molecule has 0 radical (unpaired) electrons. The van der Waals surface area contributed by atoms with Crippen LogP contribution in [-0.2, 0) is 6.42 Å². The van der Waals surface area contributed by atoms with E-state index in [1.165, 1.54) is 0 Å². The lowest BCUT2D eigenvalue weighted by Crippen LogP contribution is -2.32. The number of anilines is 1. The van der Waals surface area contributed by atoms with Crippen molar-refractivity contribution in [2.75, 3.05) is 11.4 Å². The number of nitrogens with zero attached hydrogens (tertiary/aromatic N) is 1. The molecule has 0 spiro atoms. The summed E-state index contributed by atoms with van der Waals surface area (Å²) in [6, 6.07) is 9.67. The van der Waals surface area contributed by atoms with E-state index < -0.39 is 0 Å². The van der Waals surface area contributed by atoms with Crippen LogP contribution in [0.25, 0.3) is 0 Å². The van der Waals surface area contributed by atoms with E-state index in [-0.39, 0.29) is 11.9 Å². The van der Waals surface area contributed by atoms with Gasteiger partial charge in [-0.05, 0) is 30.5 Å². The first-order valence-corrected chi connectivity index (χ1v) is 7.45. The second-order valence-electron chi connectivity index (χ2n) is 5.38. The number of hydrogen-bond acceptors (Lipinski definition) is 3. The molecule has 0 bridgehead atoms. The molecule has 3 rings (SSSR count). The molecular formula is C17H20N2O2. The number of rotatable bonds is 2. The summed E-state index contributed by atoms with van der Waals surface area (Å²) >= 11 is 0. The molecule has 1 aromatic heterocycles. The van der Waals surface area contributed by atoms with Crippen LogP contribution in [0.3, 0.4) is 0 Å². The molecule has 4 nitrogen and oxygen atoms in total. The second-order valence-corrected chi connectivity index (χ2v) is 5.38. The van der Waals surface area contributed by atoms with E-state index in [1.54, 1.807) is 12.3 Å². The molecule has 21 heavy (non-hydrogen) atoms. The quantitative estimate of drug-likeness (QED) is 0.920. The Balaban J connectivity index is 2.02. The summed E-state index contributed by atoms with van der Waals surface area (Å²) < 4.78 is 5.39. The zero-order valence-electron chi connectivity index (χ0n) is 12.2. The van der Waals surface area contributed by atoms with Crippen LogP contribution in [0.15, 0.2) is 41.0 Å². The number of nitrogens with two attached hydrogens (primary N) is 1. The van der Waals surface area contributed by atoms with Gasteiger partial charge in [0.15, 0.2) is 0 Å². The van der Waals surface area contributed by atoms with Gasteiger partial charge < -0.3 is 15.1 Å². The highest BCUT2D eigenvalue weighted by molar-refractivity contribution is 6.07. The smallest absolute Gasteiger partial charge is 0.261 e. The fourth-order valence-corrected chi connectivity index (χ4v) is 2.95. The Morgan fingerprint density at radius 3 is 3.00 bits per heavy atom. The number of carbonyl (C=O) groups is 1. The van der Waals surface area contributed by atoms with E-state index in [1.807, 2.05) is 36.1 Å². The largest absolute Gasteiger partial charge is 0.469 e. The van der Waals surface area contributed by atoms with Crippen LogP contribution < -0.4 is 10.6 Å². The van der Waals surface area contributed by atoms with Crippen molar-refractivity contribution in [3.8, 4) is 0 Å². The average Bonchev–Trinajstić information content (AvgIpc) is 2.93. The van der Waals surface area contributed by atoms with Gasteiger partial charge in [-0.1, -0.05) is 25.1 Å². The van der Waals surface area contributed by atoms with Crippen LogP contribution in [0.4, 0.5) is 5.69 Å². The molecule has 2 heterocycles. The van der Waals surface area contributed by atoms with Crippen molar-refractivity contribution in [3.05, 3.63) is 53.5 Å². The molecule has 0 aliphatic carbocycles. The number of aryl methyl sites for hydroxylation is 1. The SMILES string of the molecule is CCc1occc1C(=O)N1CCCC(N)c2ccccc21. The van der Waals surface area contributed by atoms with Crippen molar-refractivity contribution in [1.29, 1.82) is 0 Å². The highest BCUT2D eigenvalue weighted by atomic mass is 16.3. The van der Waals surface area contributed by atoms with E-state index in [0.717, 1.165) is 29.9 Å². The summed E-state index contributed by atoms with van der Waals surface area (Å²) in [5, 5.41) is 0. The lowest BCUT2D eigenvalue weighted by molar-refractivity contribution is 0.0985. The number of carbonyl (C=O) groups excluding carboxylic acids is 1. The van der Waals surface area contributed by atoms with Crippen molar-refractivity contribution < 1.29 is 9.21 Å². The molecule has 1 atom stereocenters. The Bertz CT molecular complexity index is 648. The summed E-state index contributed by atoms with van der Waals surface area (Å²) in [7, 11) is 0. The van der Waals surface area contributed by atoms with E-state index in [2.05, 4.69) is 0 Å². The number of hydrogen-bond donors (Lipinski definition) is 1. The van der Waals surface area contributed by atoms with Crippen molar-refractivity contribution in [2.45, 2.75) is 32.2 Å². The highest BCUT2D eigenvalue weighted by Gasteiger charge is 2.27. The maximum atomic E-state index is 12.9. The summed E-state index contributed by atoms with van der Waals surface area (Å²) in [6.45, 7) is 2.68. The van der Waals surface area contributed by atoms with Gasteiger partial charge in [0.25, 0.3) is 5.91 Å². The molecular weight excluding hydrogens is 264 g/mol. The van der Waals surface area contributed by atoms with Gasteiger partial charge in [-0.15, -0.1) is 0 Å². The summed E-state index contributed by atoms with van der Waals surface area (Å²) in [5.74, 6) is 0.744. The van der Waals surface area contributed by atoms with Gasteiger partial charge in [-0.3, -0.25) is 4.79 Å². The monoisotopic (exact) mass is 284 g/mol. The topological polar surface area (TPSA) is 59.5 Å². The third-order valence-electron chi connectivity index (χ3n) is 4.07. The van der Waals surface area contributed by atoms with Crippen molar-refractivity contribution >= 4 is 11.6 Å². The Morgan fingerprint density at radius 1 is 1.38 bits per heavy atom. The van der Waals surface area contributed by atoms with Gasteiger partial charge >= 0.3 is 0 Å². The molecule has 4 heteroatoms. The minimum atomic E-state index is -0.00556. The molecule has 0 fully saturated rings. The first-order chi connectivity index (χ1) is 10.2. The van der Waals surface area contributed by atoms with E-state index in [4.69, 9.17) is 10.2 Å². The van der Waals surface area contributed by atoms with Crippen molar-refractivity contribution in [3.63, 3.8) is 0 Å². The van der Waals surface area contributed by atoms with Crippen LogP contribution in [0.2, 0.25) is 0 Å². The van der Waals surface area contributed by atoms with E-state index in [9.17, 15) is 4.79 Å². The number of fused-ring (bicyclic) bond motifs is 1. The lowest BCUT2D eigenvalue weighted by atomic mass is 10.0. The van der Waals surface area contributed by atoms with Gasteiger partial charge in [-0.2, -0.15) is 0 Å². The Morgan fingerprint density at radius 2 is 2.19 bits per heavy atom. The summed E-state index contributed by atoms with van der Waals surface area (Å²) in [5.41, 5.74) is 8.86. The first-order valence-electron chi connectivity index (χ1n) is 7.45. The molecule has 110 valence electrons. The number of para-hydroxylation sites is 1. The fourth-order valence-electron chi connectivity index (χ4n) is 2.95. The Kier molecular flexibility index (Phi) is 3.80. The average molecular weight is 284 g/mol. The van der Waals surface area contributed by atoms with Gasteiger partial charge in [0.05, 0.1) is 11.8 Å². The molecule has 1 aliphatic rings. The standard InChI is InChI=1S/C17H20N2O2/c1-2-16-13(9-11-21-16)17(20)19-10-5-7-14(18)12-6-3-4-8-15(12)19/h3-4,6,8-9,11,14H,2,5,7,10,18H2,1H3.